The Balaban J connectivity index is 0.00000156. The van der Waals surface area contributed by atoms with Crippen molar-refractivity contribution < 1.29 is 213 Å². The van der Waals surface area contributed by atoms with Crippen molar-refractivity contribution in [1.82, 2.24) is 0 Å². The number of phenolic OH excluding ortho intramolecular Hbond substituents is 2. The van der Waals surface area contributed by atoms with Crippen LogP contribution in [0, 0.1) is 56.8 Å². The molecule has 0 atom stereocenters. The molecule has 12 aromatic carbocycles. The number of hydrogen-bond acceptors (Lipinski definition) is 30. The van der Waals surface area contributed by atoms with Crippen molar-refractivity contribution in [3.63, 3.8) is 0 Å². The van der Waals surface area contributed by atoms with Crippen molar-refractivity contribution in [1.29, 1.82) is 0 Å². The SMILES string of the molecule is CC(=O)C(=O)[O-].COc1cc(O)c(C(=O)c2ccccc2)cc1S(=O)(=O)[O-].CS(=O)(=O)[O-].Cc1cc(C)c(S(=O)(=O)[O-])c(C)c1.Cc1ccc(S(=O)(=O)[O-])cc1.FB(F)F.F[P-](F)(F)(F)(F)F.Fc1c(F)c(F)c([S+](c2ccc(Cl)cc2)c2ccc(Cl)cc2)c(F)c1F.O=C([O-])c1ccccc1.O=S(=O)([O-])C(F)(F)F.O=S(=O)([O-])c1ccc2cc(O)ccc2c1.O=S(=O)([O-])c1ccc2ccccc2c1.[F-]. The van der Waals surface area contributed by atoms with Crippen LogP contribution in [0.2, 0.25) is 10.0 Å². The number of phenols is 2. The first-order chi connectivity index (χ1) is 62.9. The molecular formula is C80H62BCl2F18O30PS8-10. The number of aromatic carboxylic acids is 1. The first kappa shape index (κ1) is 128. The molecule has 0 bridgehead atoms. The van der Waals surface area contributed by atoms with E-state index < -0.39 is 171 Å². The third-order valence-electron chi connectivity index (χ3n) is 15.1. The number of benzene rings is 12. The van der Waals surface area contributed by atoms with Gasteiger partial charge in [-0.3, -0.25) is 22.5 Å². The Morgan fingerprint density at radius 1 is 0.429 bits per heavy atom. The second-order valence-electron chi connectivity index (χ2n) is 26.1. The summed E-state index contributed by atoms with van der Waals surface area (Å²) < 4.78 is 410. The zero-order chi connectivity index (χ0) is 108. The van der Waals surface area contributed by atoms with Gasteiger partial charge in [0.2, 0.25) is 34.0 Å². The minimum Gasteiger partial charge on any atom is -1.00 e. The molecule has 0 aromatic heterocycles. The third kappa shape index (κ3) is 49.0. The summed E-state index contributed by atoms with van der Waals surface area (Å²) in [5.41, 5.74) is -2.52. The van der Waals surface area contributed by atoms with E-state index in [2.05, 4.69) is 0 Å². The maximum atomic E-state index is 14.4. The van der Waals surface area contributed by atoms with Crippen LogP contribution in [0.25, 0.3) is 21.5 Å². The molecule has 0 amide bonds. The summed E-state index contributed by atoms with van der Waals surface area (Å²) in [7, 11) is -47.0. The van der Waals surface area contributed by atoms with Crippen LogP contribution in [0.3, 0.4) is 0 Å². The molecular weight excluding hydrogens is 2150 g/mol. The molecule has 2 N–H and O–H groups in total. The smallest absolute Gasteiger partial charge is 0.485 e. The van der Waals surface area contributed by atoms with Gasteiger partial charge in [-0.2, -0.15) is 22.0 Å². The van der Waals surface area contributed by atoms with Crippen LogP contribution in [-0.4, -0.2) is 151 Å². The Kier molecular flexibility index (Phi) is 48.4. The van der Waals surface area contributed by atoms with E-state index in [4.69, 9.17) is 53.9 Å². The van der Waals surface area contributed by atoms with E-state index in [0.29, 0.717) is 48.0 Å². The van der Waals surface area contributed by atoms with E-state index in [9.17, 15) is 178 Å². The van der Waals surface area contributed by atoms with Crippen LogP contribution in [0.5, 0.6) is 17.2 Å². The summed E-state index contributed by atoms with van der Waals surface area (Å²) >= 11 is 11.7. The minimum absolute atomic E-state index is 0. The molecule has 0 aliphatic heterocycles. The van der Waals surface area contributed by atoms with Crippen molar-refractivity contribution in [2.45, 2.75) is 79.3 Å². The number of methoxy groups -OCH3 is 1. The number of Topliss-reactive ketones (excluding diaryl/α,β-unsaturated/α-hetero) is 1. The Morgan fingerprint density at radius 2 is 0.743 bits per heavy atom. The number of carbonyl (C=O) groups excluding carboxylic acids is 4. The summed E-state index contributed by atoms with van der Waals surface area (Å²) in [4.78, 5) is 39.4. The number of ether oxygens (including phenoxy) is 1. The average Bonchev–Trinajstić information content (AvgIpc) is 0.756. The summed E-state index contributed by atoms with van der Waals surface area (Å²) in [5, 5.41) is 42.0. The zero-order valence-electron chi connectivity index (χ0n) is 70.7. The van der Waals surface area contributed by atoms with E-state index in [1.165, 1.54) is 127 Å². The molecule has 0 unspecified atom stereocenters. The monoisotopic (exact) mass is 2210 g/mol. The Morgan fingerprint density at radius 3 is 1.06 bits per heavy atom. The van der Waals surface area contributed by atoms with Gasteiger partial charge in [-0.25, -0.2) is 72.1 Å². The number of carboxylic acids is 2. The minimum atomic E-state index is -10.7. The van der Waals surface area contributed by atoms with Gasteiger partial charge in [0.25, 0.3) is 0 Å². The topological polar surface area (TPSA) is 564 Å². The van der Waals surface area contributed by atoms with Crippen molar-refractivity contribution in [3.8, 4) is 17.2 Å². The fraction of sp³-hybridized carbons (Fsp3) is 0.100. The maximum absolute atomic E-state index is 14.4. The van der Waals surface area contributed by atoms with Crippen LogP contribution in [0.15, 0.2) is 276 Å². The van der Waals surface area contributed by atoms with Crippen LogP contribution >= 0.6 is 31.0 Å². The first-order valence-corrected chi connectivity index (χ1v) is 50.0. The molecule has 0 aliphatic carbocycles. The number of aryl methyl sites for hydroxylation is 4. The Hall–Kier alpha value is -11.6. The van der Waals surface area contributed by atoms with E-state index in [-0.39, 0.29) is 52.5 Å². The van der Waals surface area contributed by atoms with Gasteiger partial charge in [-0.1, -0.05) is 162 Å². The van der Waals surface area contributed by atoms with Crippen LogP contribution < -0.4 is 19.7 Å². The number of aliphatic carboxylic acids is 1. The van der Waals surface area contributed by atoms with Crippen LogP contribution in [-0.2, 0) is 91.3 Å². The predicted octanol–water partition coefficient (Wildman–Crippen LogP) is 12.8. The number of hydrogen-bond donors (Lipinski definition) is 2. The van der Waals surface area contributed by atoms with Gasteiger partial charge < -0.3 is 71.3 Å². The number of aromatic hydroxyl groups is 2. The van der Waals surface area contributed by atoms with Gasteiger partial charge in [0.1, 0.15) is 84.7 Å². The molecule has 30 nitrogen and oxygen atoms in total. The molecule has 0 radical (unpaired) electrons. The summed E-state index contributed by atoms with van der Waals surface area (Å²) in [6, 6.07) is 58.8. The molecule has 0 spiro atoms. The van der Waals surface area contributed by atoms with Gasteiger partial charge in [0.15, 0.2) is 31.5 Å². The Bertz CT molecular complexity index is 7080. The quantitative estimate of drug-likeness (QED) is 0.0103. The van der Waals surface area contributed by atoms with Crippen molar-refractivity contribution in [2.75, 3.05) is 13.4 Å². The maximum Gasteiger partial charge on any atom is 0.485 e. The number of ketones is 2. The number of carbonyl (C=O) groups is 4. The molecule has 12 aromatic rings. The van der Waals surface area contributed by atoms with Crippen molar-refractivity contribution in [3.05, 3.63) is 315 Å². The predicted molar refractivity (Wildman–Crippen MR) is 458 cm³/mol. The number of fused-ring (bicyclic) bond motifs is 2. The van der Waals surface area contributed by atoms with Gasteiger partial charge in [-0.15, -0.1) is 0 Å². The van der Waals surface area contributed by atoms with Crippen molar-refractivity contribution >= 4 is 165 Å². The van der Waals surface area contributed by atoms with E-state index in [1.54, 1.807) is 98.8 Å². The van der Waals surface area contributed by atoms with Gasteiger partial charge >= 0.3 is 46.0 Å². The van der Waals surface area contributed by atoms with Crippen LogP contribution in [0.1, 0.15) is 55.5 Å². The fourth-order valence-corrected chi connectivity index (χ4v) is 15.0. The number of alkyl halides is 3. The van der Waals surface area contributed by atoms with E-state index in [0.717, 1.165) is 48.1 Å². The van der Waals surface area contributed by atoms with Gasteiger partial charge in [-0.05, 0) is 169 Å². The van der Waals surface area contributed by atoms with E-state index in [1.807, 2.05) is 26.0 Å². The normalized spacial score (nSPS) is 11.6. The molecule has 60 heteroatoms. The van der Waals surface area contributed by atoms with Crippen LogP contribution in [0.4, 0.5) is 73.3 Å². The Labute approximate surface area is 797 Å². The fourth-order valence-electron chi connectivity index (χ4n) is 9.64. The number of halogens is 20. The van der Waals surface area contributed by atoms with E-state index >= 15 is 0 Å². The standard InChI is InChI=1S/C18H8Cl2F5S.C14H12O6S.C10H8O4S.C10H8O3S.C9H12O3S.C7H8O3S.C7H6O2.C3H4O3.CHF3O3S.CH4O3S.BF3.F6P.FH/c19-9-1-5-11(6-2-9)26(12-7-3-10(20)4-8-12)18-16(24)14(22)13(21)15(23)17(18)25;1-20-12-8-11(15)10(7-13(12)21(17,18)19)14(16)9-5-3-2-4-6-9;11-9-3-1-8-6-10(15(12,13)14)4-2-7(8)5-9;11-14(12,13)10-6-5-8-3-1-2-4-9(8)7-10;1-6-4-7(2)9(8(3)5-6)13(10,11)12;1-6-2-4-7(5-3-6)11(8,9)10;8-7(9)6-4-2-1-3-5-6;1-2(4)3(5)6;2-1(3,4)8(5,6)7;1-5(2,3)4;2-1(3)4;1-7(2,3,4,5)6;/h1-8H;2-8,15H,1H3,(H,17,18,19);1-6,11H,(H,12,13,14);1-7H,(H,11,12,13);4-5H,1-3H3,(H,10,11,12);2-5H,1H3,(H,8,9,10);1-5H,(H,8,9);1H3,(H,5,6);(H,5,6,7);1H3,(H,2,3,4);;;1H/q+1;;;;;;;;;;;-1;/p-10. The molecule has 0 saturated carbocycles. The summed E-state index contributed by atoms with van der Waals surface area (Å²) in [5.74, 6) is -14.9. The molecule has 0 heterocycles. The largest absolute Gasteiger partial charge is 1.00 e. The second kappa shape index (κ2) is 52.8. The van der Waals surface area contributed by atoms with Gasteiger partial charge in [0.05, 0.1) is 53.2 Å². The first-order valence-electron chi connectivity index (χ1n) is 35.7. The number of rotatable bonds is 13. The summed E-state index contributed by atoms with van der Waals surface area (Å²) in [6.07, 6.45) is 0.604. The molecule has 768 valence electrons. The molecule has 12 rings (SSSR count). The zero-order valence-corrected chi connectivity index (χ0v) is 79.6. The number of carboxylic acid groups (broad SMARTS) is 2. The molecule has 0 aliphatic rings. The van der Waals surface area contributed by atoms with Gasteiger partial charge in [0, 0.05) is 34.9 Å². The summed E-state index contributed by atoms with van der Waals surface area (Å²) in [6.45, 7) is 7.88. The second-order valence-corrected chi connectivity index (χ2v) is 40.5. The molecule has 0 fully saturated rings. The third-order valence-corrected chi connectivity index (χ3v) is 23.0. The van der Waals surface area contributed by atoms with Crippen molar-refractivity contribution in [2.24, 2.45) is 0 Å². The molecule has 0 saturated heterocycles. The molecule has 140 heavy (non-hydrogen) atoms. The average molecular weight is 2210 g/mol.